The van der Waals surface area contributed by atoms with E-state index in [4.69, 9.17) is 0 Å². The van der Waals surface area contributed by atoms with Crippen LogP contribution in [-0.4, -0.2) is 44.8 Å². The third-order valence-corrected chi connectivity index (χ3v) is 7.63. The highest BCUT2D eigenvalue weighted by atomic mass is 16.4. The molecule has 2 fully saturated rings. The molecular formula is C29H34N4O3. The number of anilines is 1. The maximum absolute atomic E-state index is 13.1. The fourth-order valence-electron chi connectivity index (χ4n) is 5.83. The highest BCUT2D eigenvalue weighted by Gasteiger charge is 2.54. The zero-order chi connectivity index (χ0) is 25.5. The lowest BCUT2D eigenvalue weighted by atomic mass is 9.81. The number of carbonyl (C=O) groups is 2. The van der Waals surface area contributed by atoms with E-state index < -0.39 is 11.4 Å². The van der Waals surface area contributed by atoms with Gasteiger partial charge in [0.2, 0.25) is 0 Å². The molecule has 2 N–H and O–H groups in total. The van der Waals surface area contributed by atoms with Gasteiger partial charge >= 0.3 is 5.97 Å². The number of aliphatic carboxylic acids is 1. The Morgan fingerprint density at radius 1 is 1.11 bits per heavy atom. The van der Waals surface area contributed by atoms with Crippen molar-refractivity contribution in [2.24, 2.45) is 11.3 Å². The molecule has 5 rings (SSSR count). The minimum absolute atomic E-state index is 0.251. The van der Waals surface area contributed by atoms with Crippen molar-refractivity contribution in [2.75, 3.05) is 18.4 Å². The number of fused-ring (bicyclic) bond motifs is 1. The molecule has 36 heavy (non-hydrogen) atoms. The summed E-state index contributed by atoms with van der Waals surface area (Å²) in [6, 6.07) is 19.6. The summed E-state index contributed by atoms with van der Waals surface area (Å²) in [5.41, 5.74) is 3.25. The standard InChI is InChI=1S/C29H34N4O3/c1-28(2,3)33-25(21-8-5-4-6-9-21)16-24(31-33)26(34)30-23-13-11-20(12-14-23)17-32-18-22-10-7-15-29(22,19-32)27(35)36/h4-6,8-9,11-14,16,22H,7,10,15,17-19H2,1-3H3,(H,30,34)(H,35,36). The number of nitrogens with one attached hydrogen (secondary N) is 1. The third kappa shape index (κ3) is 4.55. The number of carboxylic acids is 1. The zero-order valence-electron chi connectivity index (χ0n) is 21.2. The van der Waals surface area contributed by atoms with Crippen LogP contribution in [0.4, 0.5) is 5.69 Å². The Morgan fingerprint density at radius 2 is 1.83 bits per heavy atom. The quantitative estimate of drug-likeness (QED) is 0.497. The second-order valence-electron chi connectivity index (χ2n) is 11.2. The lowest BCUT2D eigenvalue weighted by molar-refractivity contribution is -0.149. The molecule has 7 nitrogen and oxygen atoms in total. The largest absolute Gasteiger partial charge is 0.481 e. The van der Waals surface area contributed by atoms with Gasteiger partial charge in [-0.25, -0.2) is 0 Å². The van der Waals surface area contributed by atoms with Crippen molar-refractivity contribution in [3.63, 3.8) is 0 Å². The number of hydrogen-bond acceptors (Lipinski definition) is 4. The first-order chi connectivity index (χ1) is 17.2. The van der Waals surface area contributed by atoms with E-state index in [1.165, 1.54) is 0 Å². The molecule has 2 aliphatic rings. The molecule has 1 aliphatic carbocycles. The van der Waals surface area contributed by atoms with E-state index >= 15 is 0 Å². The van der Waals surface area contributed by atoms with Crippen LogP contribution in [-0.2, 0) is 16.9 Å². The highest BCUT2D eigenvalue weighted by molar-refractivity contribution is 6.03. The van der Waals surface area contributed by atoms with Gasteiger partial charge in [0.15, 0.2) is 5.69 Å². The second kappa shape index (κ2) is 9.21. The Kier molecular flexibility index (Phi) is 6.20. The van der Waals surface area contributed by atoms with Gasteiger partial charge in [0.25, 0.3) is 5.91 Å². The van der Waals surface area contributed by atoms with E-state index in [9.17, 15) is 14.7 Å². The predicted molar refractivity (Wildman–Crippen MR) is 140 cm³/mol. The van der Waals surface area contributed by atoms with E-state index in [1.54, 1.807) is 0 Å². The molecule has 188 valence electrons. The Labute approximate surface area is 212 Å². The lowest BCUT2D eigenvalue weighted by Gasteiger charge is -2.23. The fourth-order valence-corrected chi connectivity index (χ4v) is 5.83. The van der Waals surface area contributed by atoms with Crippen molar-refractivity contribution < 1.29 is 14.7 Å². The molecule has 0 spiro atoms. The van der Waals surface area contributed by atoms with Crippen LogP contribution in [0.2, 0.25) is 0 Å². The Hall–Kier alpha value is -3.45. The summed E-state index contributed by atoms with van der Waals surface area (Å²) in [5.74, 6) is -0.643. The summed E-state index contributed by atoms with van der Waals surface area (Å²) in [6.07, 6.45) is 2.80. The molecule has 1 saturated carbocycles. The van der Waals surface area contributed by atoms with E-state index in [2.05, 4.69) is 36.1 Å². The molecule has 1 aromatic heterocycles. The summed E-state index contributed by atoms with van der Waals surface area (Å²) in [4.78, 5) is 27.3. The number of aromatic nitrogens is 2. The number of amides is 1. The van der Waals surface area contributed by atoms with Gasteiger partial charge in [0.1, 0.15) is 0 Å². The molecule has 7 heteroatoms. The molecule has 0 radical (unpaired) electrons. The van der Waals surface area contributed by atoms with Crippen LogP contribution in [0.3, 0.4) is 0 Å². The van der Waals surface area contributed by atoms with Gasteiger partial charge in [-0.1, -0.05) is 48.9 Å². The van der Waals surface area contributed by atoms with Gasteiger partial charge in [-0.2, -0.15) is 5.10 Å². The van der Waals surface area contributed by atoms with Gasteiger partial charge in [-0.15, -0.1) is 0 Å². The first kappa shape index (κ1) is 24.3. The van der Waals surface area contributed by atoms with E-state index in [0.717, 1.165) is 49.2 Å². The smallest absolute Gasteiger partial charge is 0.311 e. The molecule has 2 heterocycles. The number of benzene rings is 2. The first-order valence-corrected chi connectivity index (χ1v) is 12.7. The normalized spacial score (nSPS) is 21.9. The number of carboxylic acid groups (broad SMARTS) is 1. The molecule has 2 aromatic carbocycles. The average Bonchev–Trinajstić information content (AvgIpc) is 3.54. The van der Waals surface area contributed by atoms with E-state index in [0.29, 0.717) is 17.9 Å². The van der Waals surface area contributed by atoms with Crippen molar-refractivity contribution in [3.05, 3.63) is 71.9 Å². The Morgan fingerprint density at radius 3 is 2.47 bits per heavy atom. The topological polar surface area (TPSA) is 87.5 Å². The van der Waals surface area contributed by atoms with Gasteiger partial charge in [-0.3, -0.25) is 19.2 Å². The van der Waals surface area contributed by atoms with Crippen LogP contribution in [0.25, 0.3) is 11.3 Å². The predicted octanol–water partition coefficient (Wildman–Crippen LogP) is 5.24. The van der Waals surface area contributed by atoms with Gasteiger partial charge < -0.3 is 10.4 Å². The molecule has 0 bridgehead atoms. The summed E-state index contributed by atoms with van der Waals surface area (Å²) >= 11 is 0. The van der Waals surface area contributed by atoms with Crippen molar-refractivity contribution in [1.82, 2.24) is 14.7 Å². The maximum Gasteiger partial charge on any atom is 0.311 e. The van der Waals surface area contributed by atoms with Gasteiger partial charge in [-0.05, 0) is 68.9 Å². The van der Waals surface area contributed by atoms with Crippen molar-refractivity contribution >= 4 is 17.6 Å². The van der Waals surface area contributed by atoms with Crippen LogP contribution in [0, 0.1) is 11.3 Å². The monoisotopic (exact) mass is 486 g/mol. The third-order valence-electron chi connectivity index (χ3n) is 7.63. The maximum atomic E-state index is 13.1. The number of hydrogen-bond donors (Lipinski definition) is 2. The molecular weight excluding hydrogens is 452 g/mol. The van der Waals surface area contributed by atoms with E-state index in [-0.39, 0.29) is 17.4 Å². The Balaban J connectivity index is 1.27. The van der Waals surface area contributed by atoms with Crippen LogP contribution in [0.1, 0.15) is 56.1 Å². The van der Waals surface area contributed by atoms with E-state index in [1.807, 2.05) is 65.3 Å². The molecule has 2 atom stereocenters. The molecule has 2 unspecified atom stereocenters. The molecule has 3 aromatic rings. The minimum atomic E-state index is -0.644. The number of nitrogens with zero attached hydrogens (tertiary/aromatic N) is 3. The summed E-state index contributed by atoms with van der Waals surface area (Å²) < 4.78 is 1.90. The average molecular weight is 487 g/mol. The minimum Gasteiger partial charge on any atom is -0.481 e. The van der Waals surface area contributed by atoms with Crippen molar-refractivity contribution in [2.45, 2.75) is 52.1 Å². The van der Waals surface area contributed by atoms with Crippen LogP contribution >= 0.6 is 0 Å². The van der Waals surface area contributed by atoms with Crippen LogP contribution in [0.5, 0.6) is 0 Å². The Bertz CT molecular complexity index is 1260. The number of carbonyl (C=O) groups excluding carboxylic acids is 1. The SMILES string of the molecule is CC(C)(C)n1nc(C(=O)Nc2ccc(CN3CC4CCCC4(C(=O)O)C3)cc2)cc1-c1ccccc1. The summed E-state index contributed by atoms with van der Waals surface area (Å²) in [5, 5.41) is 17.4. The van der Waals surface area contributed by atoms with Gasteiger partial charge in [0.05, 0.1) is 16.6 Å². The summed E-state index contributed by atoms with van der Waals surface area (Å²) in [6.45, 7) is 8.38. The zero-order valence-corrected chi connectivity index (χ0v) is 21.2. The second-order valence-corrected chi connectivity index (χ2v) is 11.2. The number of rotatable bonds is 6. The van der Waals surface area contributed by atoms with Crippen molar-refractivity contribution in [1.29, 1.82) is 0 Å². The molecule has 1 amide bonds. The first-order valence-electron chi connectivity index (χ1n) is 12.7. The van der Waals surface area contributed by atoms with Crippen LogP contribution in [0.15, 0.2) is 60.7 Å². The summed E-state index contributed by atoms with van der Waals surface area (Å²) in [7, 11) is 0. The lowest BCUT2D eigenvalue weighted by Crippen LogP contribution is -2.35. The van der Waals surface area contributed by atoms with Gasteiger partial charge in [0, 0.05) is 25.3 Å². The van der Waals surface area contributed by atoms with Crippen LogP contribution < -0.4 is 5.32 Å². The van der Waals surface area contributed by atoms with Crippen molar-refractivity contribution in [3.8, 4) is 11.3 Å². The molecule has 1 aliphatic heterocycles. The number of likely N-dealkylation sites (tertiary alicyclic amines) is 1. The fraction of sp³-hybridized carbons (Fsp3) is 0.414. The molecule has 1 saturated heterocycles. The highest BCUT2D eigenvalue weighted by Crippen LogP contribution is 2.49.